The van der Waals surface area contributed by atoms with Gasteiger partial charge >= 0.3 is 0 Å². The van der Waals surface area contributed by atoms with E-state index in [0.717, 1.165) is 11.1 Å². The predicted molar refractivity (Wildman–Crippen MR) is 82.9 cm³/mol. The topological polar surface area (TPSA) is 70.9 Å². The number of para-hydroxylation sites is 2. The Morgan fingerprint density at radius 2 is 1.68 bits per heavy atom. The van der Waals surface area contributed by atoms with Gasteiger partial charge in [-0.15, -0.1) is 11.6 Å². The van der Waals surface area contributed by atoms with Gasteiger partial charge in [0, 0.05) is 11.1 Å². The molecule has 0 radical (unpaired) electrons. The number of hydrogen-bond acceptors (Lipinski definition) is 4. The number of rotatable bonds is 2. The van der Waals surface area contributed by atoms with Gasteiger partial charge in [0.15, 0.2) is 5.84 Å². The van der Waals surface area contributed by atoms with Crippen LogP contribution >= 0.6 is 11.6 Å². The Morgan fingerprint density at radius 3 is 2.18 bits per heavy atom. The maximum atomic E-state index is 12.6. The van der Waals surface area contributed by atoms with Gasteiger partial charge in [-0.25, -0.2) is 0 Å². The van der Waals surface area contributed by atoms with E-state index in [-0.39, 0.29) is 17.6 Å². The Morgan fingerprint density at radius 1 is 1.14 bits per heavy atom. The molecule has 2 aromatic carbocycles. The fourth-order valence-corrected chi connectivity index (χ4v) is 2.61. The van der Waals surface area contributed by atoms with Crippen molar-refractivity contribution in [3.63, 3.8) is 0 Å². The molecule has 0 spiro atoms. The summed E-state index contributed by atoms with van der Waals surface area (Å²) in [6.07, 6.45) is 0. The first kappa shape index (κ1) is 14.4. The lowest BCUT2D eigenvalue weighted by Crippen LogP contribution is -2.37. The number of alkyl halides is 1. The molecular formula is C16H13ClN2O3. The van der Waals surface area contributed by atoms with Crippen LogP contribution in [0.25, 0.3) is 0 Å². The van der Waals surface area contributed by atoms with Crippen LogP contribution in [0.15, 0.2) is 53.7 Å². The van der Waals surface area contributed by atoms with Crippen molar-refractivity contribution < 1.29 is 14.7 Å². The van der Waals surface area contributed by atoms with Crippen LogP contribution in [0, 0.1) is 0 Å². The van der Waals surface area contributed by atoms with Crippen LogP contribution in [-0.4, -0.2) is 22.8 Å². The molecule has 3 rings (SSSR count). The molecule has 1 amide bonds. The molecule has 6 heteroatoms. The molecule has 2 aromatic rings. The average Bonchev–Trinajstić information content (AvgIpc) is 2.57. The van der Waals surface area contributed by atoms with Gasteiger partial charge in [0.25, 0.3) is 0 Å². The fraction of sp³-hybridized carbons (Fsp3) is 0.125. The van der Waals surface area contributed by atoms with E-state index in [2.05, 4.69) is 10.5 Å². The third-order valence-corrected chi connectivity index (χ3v) is 3.71. The molecule has 112 valence electrons. The third-order valence-electron chi connectivity index (χ3n) is 3.46. The van der Waals surface area contributed by atoms with Crippen molar-refractivity contribution in [3.05, 3.63) is 59.7 Å². The number of ether oxygens (including phenoxy) is 1. The van der Waals surface area contributed by atoms with Crippen molar-refractivity contribution in [2.75, 3.05) is 5.88 Å². The summed E-state index contributed by atoms with van der Waals surface area (Å²) in [5.74, 6) is 0.310. The minimum Gasteiger partial charge on any atom is -0.457 e. The maximum Gasteiger partial charge on any atom is 0.237 e. The van der Waals surface area contributed by atoms with Gasteiger partial charge in [-0.05, 0) is 12.1 Å². The van der Waals surface area contributed by atoms with Gasteiger partial charge in [0.1, 0.15) is 11.5 Å². The van der Waals surface area contributed by atoms with Gasteiger partial charge < -0.3 is 15.3 Å². The highest BCUT2D eigenvalue weighted by molar-refractivity contribution is 6.29. The van der Waals surface area contributed by atoms with Crippen molar-refractivity contribution in [2.45, 2.75) is 5.92 Å². The summed E-state index contributed by atoms with van der Waals surface area (Å²) in [4.78, 5) is 12.6. The van der Waals surface area contributed by atoms with Gasteiger partial charge in [-0.2, -0.15) is 0 Å². The first-order valence-corrected chi connectivity index (χ1v) is 7.21. The number of carbonyl (C=O) groups is 1. The fourth-order valence-electron chi connectivity index (χ4n) is 2.49. The number of carbonyl (C=O) groups excluding carboxylic acids is 1. The van der Waals surface area contributed by atoms with Crippen LogP contribution in [-0.2, 0) is 4.79 Å². The molecule has 0 unspecified atom stereocenters. The van der Waals surface area contributed by atoms with E-state index in [4.69, 9.17) is 21.5 Å². The highest BCUT2D eigenvalue weighted by Gasteiger charge is 2.32. The molecule has 0 saturated carbocycles. The number of halogens is 1. The molecule has 1 aliphatic heterocycles. The molecule has 0 saturated heterocycles. The number of amides is 1. The number of oxime groups is 1. The quantitative estimate of drug-likeness (QED) is 0.294. The van der Waals surface area contributed by atoms with Crippen molar-refractivity contribution in [3.8, 4) is 11.5 Å². The van der Waals surface area contributed by atoms with Gasteiger partial charge in [-0.3, -0.25) is 4.79 Å². The van der Waals surface area contributed by atoms with Crippen LogP contribution in [0.3, 0.4) is 0 Å². The molecule has 5 nitrogen and oxygen atoms in total. The van der Waals surface area contributed by atoms with Gasteiger partial charge in [-0.1, -0.05) is 41.6 Å². The summed E-state index contributed by atoms with van der Waals surface area (Å²) >= 11 is 5.62. The lowest BCUT2D eigenvalue weighted by Gasteiger charge is -2.27. The molecule has 0 aromatic heterocycles. The molecule has 1 aliphatic rings. The Labute approximate surface area is 132 Å². The predicted octanol–water partition coefficient (Wildman–Crippen LogP) is 3.07. The Bertz CT molecular complexity index is 700. The number of nitrogens with one attached hydrogen (secondary N) is 1. The first-order chi connectivity index (χ1) is 10.7. The second-order valence-corrected chi connectivity index (χ2v) is 5.05. The minimum atomic E-state index is -0.555. The average molecular weight is 317 g/mol. The minimum absolute atomic E-state index is 0.00752. The van der Waals surface area contributed by atoms with E-state index in [1.165, 1.54) is 0 Å². The summed E-state index contributed by atoms with van der Waals surface area (Å²) in [7, 11) is 0. The van der Waals surface area contributed by atoms with Crippen LogP contribution in [0.1, 0.15) is 17.0 Å². The van der Waals surface area contributed by atoms with Crippen LogP contribution in [0.2, 0.25) is 0 Å². The van der Waals surface area contributed by atoms with Crippen LogP contribution < -0.4 is 10.1 Å². The normalized spacial score (nSPS) is 13.8. The number of fused-ring (bicyclic) bond motifs is 2. The van der Waals surface area contributed by atoms with Crippen molar-refractivity contribution >= 4 is 23.3 Å². The maximum absolute atomic E-state index is 12.6. The van der Waals surface area contributed by atoms with E-state index >= 15 is 0 Å². The molecule has 0 bridgehead atoms. The number of amidine groups is 1. The molecule has 1 heterocycles. The lowest BCUT2D eigenvalue weighted by atomic mass is 9.87. The van der Waals surface area contributed by atoms with E-state index in [9.17, 15) is 4.79 Å². The number of benzene rings is 2. The Kier molecular flexibility index (Phi) is 3.98. The largest absolute Gasteiger partial charge is 0.457 e. The van der Waals surface area contributed by atoms with Crippen LogP contribution in [0.5, 0.6) is 11.5 Å². The van der Waals surface area contributed by atoms with E-state index in [1.54, 1.807) is 0 Å². The smallest absolute Gasteiger partial charge is 0.237 e. The van der Waals surface area contributed by atoms with Crippen molar-refractivity contribution in [1.29, 1.82) is 0 Å². The summed E-state index contributed by atoms with van der Waals surface area (Å²) in [6.45, 7) is 0. The molecule has 0 atom stereocenters. The summed E-state index contributed by atoms with van der Waals surface area (Å²) in [5, 5.41) is 14.3. The lowest BCUT2D eigenvalue weighted by molar-refractivity contribution is -0.120. The number of hydrogen-bond donors (Lipinski definition) is 2. The highest BCUT2D eigenvalue weighted by atomic mass is 35.5. The monoisotopic (exact) mass is 316 g/mol. The molecule has 0 aliphatic carbocycles. The Hall–Kier alpha value is -2.53. The van der Waals surface area contributed by atoms with E-state index in [1.807, 2.05) is 48.5 Å². The zero-order valence-corrected chi connectivity index (χ0v) is 12.2. The zero-order chi connectivity index (χ0) is 15.5. The standard InChI is InChI=1S/C16H13ClN2O3/c17-9-14(19-21)18-16(20)15-10-5-1-3-7-12(10)22-13-8-4-2-6-11(13)15/h1-8,15,21H,9H2,(H,18,19,20). The van der Waals surface area contributed by atoms with E-state index in [0.29, 0.717) is 11.5 Å². The zero-order valence-electron chi connectivity index (χ0n) is 11.5. The first-order valence-electron chi connectivity index (χ1n) is 6.68. The molecule has 0 fully saturated rings. The molecule has 2 N–H and O–H groups in total. The highest BCUT2D eigenvalue weighted by Crippen LogP contribution is 2.43. The van der Waals surface area contributed by atoms with Crippen molar-refractivity contribution in [1.82, 2.24) is 5.32 Å². The third kappa shape index (κ3) is 2.51. The summed E-state index contributed by atoms with van der Waals surface area (Å²) in [6, 6.07) is 14.7. The van der Waals surface area contributed by atoms with Crippen molar-refractivity contribution in [2.24, 2.45) is 5.16 Å². The van der Waals surface area contributed by atoms with Crippen LogP contribution in [0.4, 0.5) is 0 Å². The van der Waals surface area contributed by atoms with Gasteiger partial charge in [0.2, 0.25) is 5.91 Å². The summed E-state index contributed by atoms with van der Waals surface area (Å²) < 4.78 is 5.83. The Balaban J connectivity index is 2.05. The molecule has 22 heavy (non-hydrogen) atoms. The van der Waals surface area contributed by atoms with Gasteiger partial charge in [0.05, 0.1) is 11.8 Å². The van der Waals surface area contributed by atoms with E-state index < -0.39 is 5.92 Å². The number of nitrogens with zero attached hydrogens (tertiary/aromatic N) is 1. The second kappa shape index (κ2) is 6.07. The molecular weight excluding hydrogens is 304 g/mol. The SMILES string of the molecule is O=C(NC(CCl)=NO)C1c2ccccc2Oc2ccccc21. The second-order valence-electron chi connectivity index (χ2n) is 4.78. The summed E-state index contributed by atoms with van der Waals surface area (Å²) in [5.41, 5.74) is 1.51.